The van der Waals surface area contributed by atoms with Crippen LogP contribution in [0.2, 0.25) is 36.3 Å². The Bertz CT molecular complexity index is 1640. The molecule has 2 aromatic rings. The molecule has 10 nitrogen and oxygen atoms in total. The Balaban J connectivity index is 0.000000350. The second-order valence-corrected chi connectivity index (χ2v) is 40.0. The molecule has 0 saturated carbocycles. The highest BCUT2D eigenvalue weighted by Gasteiger charge is 2.40. The van der Waals surface area contributed by atoms with E-state index in [2.05, 4.69) is 133 Å². The summed E-state index contributed by atoms with van der Waals surface area (Å²) in [6, 6.07) is 8.06. The van der Waals surface area contributed by atoms with E-state index >= 15 is 0 Å². The first-order valence-corrected chi connectivity index (χ1v) is 32.2. The van der Waals surface area contributed by atoms with Gasteiger partial charge in [0.2, 0.25) is 0 Å². The molecule has 4 heterocycles. The highest BCUT2D eigenvalue weighted by atomic mass is 79.9. The maximum Gasteiger partial charge on any atom is 0.193 e. The van der Waals surface area contributed by atoms with Crippen LogP contribution in [0.5, 0.6) is 0 Å². The normalized spacial score (nSPS) is 19.9. The minimum Gasteiger partial charge on any atom is -0.598 e. The maximum atomic E-state index is 12.9. The van der Waals surface area contributed by atoms with Gasteiger partial charge in [-0.05, 0) is 118 Å². The highest BCUT2D eigenvalue weighted by Crippen LogP contribution is 2.40. The van der Waals surface area contributed by atoms with Gasteiger partial charge in [0.15, 0.2) is 29.2 Å². The van der Waals surface area contributed by atoms with Crippen molar-refractivity contribution in [3.05, 3.63) is 42.7 Å². The van der Waals surface area contributed by atoms with Crippen molar-refractivity contribution in [2.75, 3.05) is 39.6 Å². The van der Waals surface area contributed by atoms with Crippen LogP contribution in [0.4, 0.5) is 0 Å². The van der Waals surface area contributed by atoms with Gasteiger partial charge in [-0.3, -0.25) is 0 Å². The Labute approximate surface area is 402 Å². The highest BCUT2D eigenvalue weighted by molar-refractivity contribution is 9.11. The van der Waals surface area contributed by atoms with Crippen LogP contribution < -0.4 is 4.72 Å². The van der Waals surface area contributed by atoms with Gasteiger partial charge in [0.25, 0.3) is 0 Å². The van der Waals surface area contributed by atoms with Crippen molar-refractivity contribution in [2.24, 2.45) is 15.2 Å². The maximum absolute atomic E-state index is 12.9. The first kappa shape index (κ1) is 58.4. The van der Waals surface area contributed by atoms with Gasteiger partial charge in [0, 0.05) is 40.1 Å². The summed E-state index contributed by atoms with van der Waals surface area (Å²) < 4.78 is 68.1. The Morgan fingerprint density at radius 1 is 0.742 bits per heavy atom. The van der Waals surface area contributed by atoms with E-state index < -0.39 is 39.4 Å². The average Bonchev–Trinajstić information content (AvgIpc) is 3.78. The summed E-state index contributed by atoms with van der Waals surface area (Å²) >= 11 is 4.39. The number of ether oxygens (including phenoxy) is 4. The van der Waals surface area contributed by atoms with Crippen molar-refractivity contribution in [3.8, 4) is 0 Å². The molecular weight excluding hydrogens is 961 g/mol. The number of nitrogens with one attached hydrogen (secondary N) is 1. The summed E-state index contributed by atoms with van der Waals surface area (Å²) in [5, 5.41) is 0.357. The molecule has 1 N–H and O–H groups in total. The third-order valence-electron chi connectivity index (χ3n) is 11.0. The molecule has 2 aromatic heterocycles. The van der Waals surface area contributed by atoms with E-state index in [0.29, 0.717) is 26.4 Å². The van der Waals surface area contributed by atoms with Crippen molar-refractivity contribution < 1.29 is 36.9 Å². The van der Waals surface area contributed by atoms with Crippen LogP contribution in [0.15, 0.2) is 32.4 Å². The van der Waals surface area contributed by atoms with Crippen LogP contribution in [-0.4, -0.2) is 81.1 Å². The summed E-state index contributed by atoms with van der Waals surface area (Å²) in [7, 11) is -3.58. The fourth-order valence-corrected chi connectivity index (χ4v) is 10.7. The minimum atomic E-state index is -1.92. The first-order valence-electron chi connectivity index (χ1n) is 21.7. The van der Waals surface area contributed by atoms with E-state index in [1.54, 1.807) is 28.9 Å². The predicted octanol–water partition coefficient (Wildman–Crippen LogP) is 13.4. The molecule has 2 aliphatic heterocycles. The summed E-state index contributed by atoms with van der Waals surface area (Å²) in [6.45, 7) is 46.6. The molecule has 360 valence electrons. The standard InChI is InChI=1S/C22H41NO4S2Si.C13H29NO2SSi.C10H13BrO2S/c1-20(2,3)29(24)23-16(13-27-30(9,10)21(4,5)6)17-11-12-18(28-17)19-25-14-22(7,8)15-26-19;1-12(2,3)17(15)14-10-9-11-16-18(7,8)13(4,5)6;1-10(2)5-12-9(13-6-10)7-3-4-8(11)14-7/h11-12,16,19,23H,13-15H2,1-10H3;10H,9,11H2,1-8H3;3-4,9H,5-6H2,1-2H3/t16-,29?;;/m1../s1. The summed E-state index contributed by atoms with van der Waals surface area (Å²) in [5.41, 5.74) is 0.187. The lowest BCUT2D eigenvalue weighted by Crippen LogP contribution is -2.46. The van der Waals surface area contributed by atoms with Crippen LogP contribution in [0.1, 0.15) is 150 Å². The smallest absolute Gasteiger partial charge is 0.193 e. The van der Waals surface area contributed by atoms with Crippen molar-refractivity contribution in [1.29, 1.82) is 0 Å². The third-order valence-corrected chi connectivity index (χ3v) is 25.9. The minimum absolute atomic E-state index is 0.0430. The number of hydrogen-bond acceptors (Lipinski definition) is 12. The third kappa shape index (κ3) is 19.9. The summed E-state index contributed by atoms with van der Waals surface area (Å²) in [4.78, 5) is 3.27. The van der Waals surface area contributed by atoms with Gasteiger partial charge < -0.3 is 36.9 Å². The molecule has 0 aliphatic carbocycles. The van der Waals surface area contributed by atoms with E-state index in [0.717, 1.165) is 38.1 Å². The molecule has 3 atom stereocenters. The van der Waals surface area contributed by atoms with E-state index in [9.17, 15) is 9.11 Å². The van der Waals surface area contributed by atoms with Crippen LogP contribution in [0.25, 0.3) is 0 Å². The van der Waals surface area contributed by atoms with Gasteiger partial charge in [-0.15, -0.1) is 27.4 Å². The van der Waals surface area contributed by atoms with E-state index in [4.69, 9.17) is 27.8 Å². The summed E-state index contributed by atoms with van der Waals surface area (Å²) in [5.74, 6) is 0. The average molecular weight is 1040 g/mol. The van der Waals surface area contributed by atoms with Crippen molar-refractivity contribution >= 4 is 84.2 Å². The molecule has 17 heteroatoms. The molecule has 2 saturated heterocycles. The lowest BCUT2D eigenvalue weighted by Gasteiger charge is -2.37. The summed E-state index contributed by atoms with van der Waals surface area (Å²) in [6.07, 6.45) is 1.97. The van der Waals surface area contributed by atoms with E-state index in [1.165, 1.54) is 0 Å². The Hall–Kier alpha value is 0.324. The molecule has 2 fully saturated rings. The lowest BCUT2D eigenvalue weighted by molar-refractivity contribution is -0.224. The molecule has 0 aromatic carbocycles. The predicted molar refractivity (Wildman–Crippen MR) is 274 cm³/mol. The fourth-order valence-electron chi connectivity index (χ4n) is 4.70. The molecule has 0 radical (unpaired) electrons. The van der Waals surface area contributed by atoms with E-state index in [1.807, 2.05) is 53.7 Å². The SMILES string of the molecule is CC(C)(C)[S+]([O-])N=CCCO[Si](C)(C)C(C)(C)C.CC1(C)COC(c2ccc(Br)s2)OC1.CC1(C)COC(c2ccc([C@@H](CO[Si](C)(C)C(C)(C)C)N[S+]([O-])C(C)(C)C)s2)OC1. The Kier molecular flexibility index (Phi) is 22.2. The second-order valence-electron chi connectivity index (χ2n) is 22.8. The number of rotatable bonds is 13. The van der Waals surface area contributed by atoms with Crippen LogP contribution in [0, 0.1) is 10.8 Å². The molecule has 0 spiro atoms. The lowest BCUT2D eigenvalue weighted by atomic mass is 9.95. The van der Waals surface area contributed by atoms with Crippen molar-refractivity contribution in [1.82, 2.24) is 4.72 Å². The van der Waals surface area contributed by atoms with Gasteiger partial charge in [-0.2, -0.15) is 0 Å². The quantitative estimate of drug-likeness (QED) is 0.0903. The largest absolute Gasteiger partial charge is 0.598 e. The van der Waals surface area contributed by atoms with Gasteiger partial charge in [0.05, 0.1) is 52.8 Å². The first-order chi connectivity index (χ1) is 28.0. The fraction of sp³-hybridized carbons (Fsp3) is 0.800. The molecule has 4 rings (SSSR count). The number of nitrogens with zero attached hydrogens (tertiary/aromatic N) is 1. The van der Waals surface area contributed by atoms with Gasteiger partial charge in [-0.25, -0.2) is 0 Å². The molecule has 0 amide bonds. The van der Waals surface area contributed by atoms with Crippen LogP contribution in [0.3, 0.4) is 0 Å². The second kappa shape index (κ2) is 23.6. The van der Waals surface area contributed by atoms with Crippen LogP contribution >= 0.6 is 38.6 Å². The number of thiophene rings is 2. The Morgan fingerprint density at radius 2 is 1.18 bits per heavy atom. The molecule has 2 aliphatic rings. The Morgan fingerprint density at radius 3 is 1.58 bits per heavy atom. The monoisotopic (exact) mass is 1040 g/mol. The molecule has 2 unspecified atom stereocenters. The van der Waals surface area contributed by atoms with Gasteiger partial charge in [-0.1, -0.05) is 73.6 Å². The van der Waals surface area contributed by atoms with Crippen LogP contribution in [-0.2, 0) is 50.5 Å². The molecule has 62 heavy (non-hydrogen) atoms. The number of hydrogen-bond donors (Lipinski definition) is 1. The zero-order valence-corrected chi connectivity index (χ0v) is 48.6. The zero-order valence-electron chi connectivity index (χ0n) is 41.8. The van der Waals surface area contributed by atoms with Gasteiger partial charge >= 0.3 is 0 Å². The topological polar surface area (TPSA) is 126 Å². The van der Waals surface area contributed by atoms with E-state index in [-0.39, 0.29) is 49.0 Å². The zero-order chi connectivity index (χ0) is 47.8. The molecular formula is C45H83BrN2O8S4Si2. The van der Waals surface area contributed by atoms with Crippen molar-refractivity contribution in [2.45, 2.75) is 182 Å². The van der Waals surface area contributed by atoms with Gasteiger partial charge in [0.1, 0.15) is 26.9 Å². The van der Waals surface area contributed by atoms with Crippen molar-refractivity contribution in [3.63, 3.8) is 0 Å². The molecule has 0 bridgehead atoms. The number of halogens is 1.